The average Bonchev–Trinajstić information content (AvgIpc) is 2.58. The van der Waals surface area contributed by atoms with Crippen LogP contribution in [0.1, 0.15) is 45.1 Å². The minimum atomic E-state index is 0.366. The van der Waals surface area contributed by atoms with Crippen LogP contribution in [0.25, 0.3) is 0 Å². The van der Waals surface area contributed by atoms with Crippen LogP contribution >= 0.6 is 0 Å². The van der Waals surface area contributed by atoms with E-state index in [0.717, 1.165) is 12.1 Å². The lowest BCUT2D eigenvalue weighted by atomic mass is 9.89. The highest BCUT2D eigenvalue weighted by Crippen LogP contribution is 2.21. The van der Waals surface area contributed by atoms with Crippen LogP contribution in [0, 0.1) is 0 Å². The Labute approximate surface area is 145 Å². The summed E-state index contributed by atoms with van der Waals surface area (Å²) in [7, 11) is 0. The van der Waals surface area contributed by atoms with E-state index in [9.17, 15) is 5.11 Å². The van der Waals surface area contributed by atoms with Crippen LogP contribution in [0.2, 0.25) is 0 Å². The molecule has 24 heavy (non-hydrogen) atoms. The van der Waals surface area contributed by atoms with Crippen LogP contribution in [0.3, 0.4) is 0 Å². The lowest BCUT2D eigenvalue weighted by molar-refractivity contribution is 0.287. The van der Waals surface area contributed by atoms with E-state index in [4.69, 9.17) is 5.73 Å². The third-order valence-electron chi connectivity index (χ3n) is 4.81. The van der Waals surface area contributed by atoms with Gasteiger partial charge in [-0.25, -0.2) is 0 Å². The van der Waals surface area contributed by atoms with Gasteiger partial charge in [-0.1, -0.05) is 36.6 Å². The van der Waals surface area contributed by atoms with E-state index < -0.39 is 0 Å². The highest BCUT2D eigenvalue weighted by atomic mass is 16.3. The molecule has 4 nitrogen and oxygen atoms in total. The lowest BCUT2D eigenvalue weighted by Crippen LogP contribution is -2.50. The van der Waals surface area contributed by atoms with Crippen molar-refractivity contribution in [3.8, 4) is 5.75 Å². The van der Waals surface area contributed by atoms with Gasteiger partial charge in [-0.15, -0.1) is 0 Å². The molecule has 0 heterocycles. The molecule has 4 heteroatoms. The van der Waals surface area contributed by atoms with Gasteiger partial charge in [0.1, 0.15) is 5.75 Å². The Morgan fingerprint density at radius 3 is 2.46 bits per heavy atom. The second-order valence-electron chi connectivity index (χ2n) is 6.77. The van der Waals surface area contributed by atoms with Gasteiger partial charge in [-0.3, -0.25) is 0 Å². The average molecular weight is 329 g/mol. The summed E-state index contributed by atoms with van der Waals surface area (Å²) < 4.78 is 0. The Morgan fingerprint density at radius 1 is 1.17 bits per heavy atom. The smallest absolute Gasteiger partial charge is 0.120 e. The van der Waals surface area contributed by atoms with Crippen molar-refractivity contribution >= 4 is 0 Å². The molecule has 0 saturated heterocycles. The molecule has 1 aliphatic rings. The minimum absolute atomic E-state index is 0.366. The van der Waals surface area contributed by atoms with Crippen LogP contribution in [-0.4, -0.2) is 23.7 Å². The molecule has 0 bridgehead atoms. The van der Waals surface area contributed by atoms with Gasteiger partial charge in [0.25, 0.3) is 0 Å². The fourth-order valence-corrected chi connectivity index (χ4v) is 3.28. The number of hydrogen-bond donors (Lipinski definition) is 4. The molecule has 0 unspecified atom stereocenters. The Kier molecular flexibility index (Phi) is 7.35. The molecule has 1 fully saturated rings. The first-order chi connectivity index (χ1) is 11.6. The van der Waals surface area contributed by atoms with E-state index in [1.165, 1.54) is 36.8 Å². The second-order valence-corrected chi connectivity index (χ2v) is 6.77. The predicted molar refractivity (Wildman–Crippen MR) is 101 cm³/mol. The molecule has 1 aromatic carbocycles. The summed E-state index contributed by atoms with van der Waals surface area (Å²) in [6, 6.07) is 8.42. The van der Waals surface area contributed by atoms with E-state index >= 15 is 0 Å². The first-order valence-electron chi connectivity index (χ1n) is 8.90. The van der Waals surface area contributed by atoms with Crippen molar-refractivity contribution in [3.63, 3.8) is 0 Å². The van der Waals surface area contributed by atoms with E-state index in [1.807, 2.05) is 24.3 Å². The number of nitrogens with one attached hydrogen (secondary N) is 2. The summed E-state index contributed by atoms with van der Waals surface area (Å²) in [6.07, 6.45) is 8.47. The number of rotatable bonds is 7. The summed E-state index contributed by atoms with van der Waals surface area (Å²) in [5, 5.41) is 17.3. The van der Waals surface area contributed by atoms with Gasteiger partial charge in [0.05, 0.1) is 0 Å². The van der Waals surface area contributed by atoms with Crippen molar-refractivity contribution < 1.29 is 5.11 Å². The maximum absolute atomic E-state index is 9.92. The molecule has 2 rings (SSSR count). The molecule has 1 saturated carbocycles. The number of phenols is 1. The minimum Gasteiger partial charge on any atom is -0.508 e. The zero-order valence-corrected chi connectivity index (χ0v) is 14.9. The van der Waals surface area contributed by atoms with E-state index in [1.54, 1.807) is 12.3 Å². The van der Waals surface area contributed by atoms with Crippen molar-refractivity contribution in [1.29, 1.82) is 0 Å². The van der Waals surface area contributed by atoms with E-state index in [2.05, 4.69) is 24.5 Å². The number of hydrogen-bond acceptors (Lipinski definition) is 4. The maximum Gasteiger partial charge on any atom is 0.120 e. The SMILES string of the molecule is CC(C)=C(/C=C\N)CN[C@@H]1CCCC[C@H]1NCc1ccccc1O. The highest BCUT2D eigenvalue weighted by Gasteiger charge is 2.24. The summed E-state index contributed by atoms with van der Waals surface area (Å²) in [4.78, 5) is 0. The molecule has 0 radical (unpaired) electrons. The molecular weight excluding hydrogens is 298 g/mol. The second kappa shape index (κ2) is 9.50. The lowest BCUT2D eigenvalue weighted by Gasteiger charge is -2.33. The van der Waals surface area contributed by atoms with Gasteiger partial charge in [0.15, 0.2) is 0 Å². The molecule has 1 aromatic rings. The van der Waals surface area contributed by atoms with Crippen molar-refractivity contribution in [3.05, 3.63) is 53.3 Å². The van der Waals surface area contributed by atoms with E-state index in [0.29, 0.717) is 24.4 Å². The van der Waals surface area contributed by atoms with Crippen molar-refractivity contribution in [2.45, 2.75) is 58.2 Å². The van der Waals surface area contributed by atoms with Crippen molar-refractivity contribution in [1.82, 2.24) is 10.6 Å². The van der Waals surface area contributed by atoms with Gasteiger partial charge in [0, 0.05) is 30.7 Å². The van der Waals surface area contributed by atoms with Crippen molar-refractivity contribution in [2.24, 2.45) is 5.73 Å². The number of para-hydroxylation sites is 1. The van der Waals surface area contributed by atoms with Crippen LogP contribution < -0.4 is 16.4 Å². The van der Waals surface area contributed by atoms with Crippen LogP contribution in [0.15, 0.2) is 47.7 Å². The number of nitrogens with two attached hydrogens (primary N) is 1. The van der Waals surface area contributed by atoms with Gasteiger partial charge >= 0.3 is 0 Å². The van der Waals surface area contributed by atoms with Gasteiger partial charge in [0.2, 0.25) is 0 Å². The summed E-state index contributed by atoms with van der Waals surface area (Å²) in [5.41, 5.74) is 9.05. The van der Waals surface area contributed by atoms with E-state index in [-0.39, 0.29) is 0 Å². The van der Waals surface area contributed by atoms with Crippen LogP contribution in [0.4, 0.5) is 0 Å². The number of phenolic OH excluding ortho intramolecular Hbond substituents is 1. The largest absolute Gasteiger partial charge is 0.508 e. The molecule has 0 amide bonds. The predicted octanol–water partition coefficient (Wildman–Crippen LogP) is 3.19. The quantitative estimate of drug-likeness (QED) is 0.580. The Bertz CT molecular complexity index is 576. The zero-order chi connectivity index (χ0) is 17.4. The van der Waals surface area contributed by atoms with Gasteiger partial charge in [-0.05, 0) is 50.6 Å². The number of aromatic hydroxyl groups is 1. The third-order valence-corrected chi connectivity index (χ3v) is 4.81. The first kappa shape index (κ1) is 18.6. The fraction of sp³-hybridized carbons (Fsp3) is 0.500. The Morgan fingerprint density at radius 2 is 1.83 bits per heavy atom. The maximum atomic E-state index is 9.92. The monoisotopic (exact) mass is 329 g/mol. The molecule has 5 N–H and O–H groups in total. The molecule has 0 spiro atoms. The summed E-state index contributed by atoms with van der Waals surface area (Å²) in [6.45, 7) is 5.78. The summed E-state index contributed by atoms with van der Waals surface area (Å²) in [5.74, 6) is 0.366. The molecule has 0 aliphatic heterocycles. The van der Waals surface area contributed by atoms with Crippen LogP contribution in [0.5, 0.6) is 5.75 Å². The Balaban J connectivity index is 1.93. The zero-order valence-electron chi connectivity index (χ0n) is 14.9. The molecular formula is C20H31N3O. The Hall–Kier alpha value is -1.78. The topological polar surface area (TPSA) is 70.3 Å². The highest BCUT2D eigenvalue weighted by molar-refractivity contribution is 5.31. The van der Waals surface area contributed by atoms with Crippen LogP contribution in [-0.2, 0) is 6.54 Å². The van der Waals surface area contributed by atoms with Crippen molar-refractivity contribution in [2.75, 3.05) is 6.54 Å². The standard InChI is InChI=1S/C20H31N3O/c1-15(2)16(11-12-21)13-22-18-8-4-5-9-19(18)23-14-17-7-3-6-10-20(17)24/h3,6-7,10-12,18-19,22-24H,4-5,8-9,13-14,21H2,1-2H3/b12-11-/t18-,19-/m1/s1. The number of benzene rings is 1. The van der Waals surface area contributed by atoms with Gasteiger partial charge < -0.3 is 21.5 Å². The molecule has 132 valence electrons. The molecule has 1 aliphatic carbocycles. The third kappa shape index (κ3) is 5.39. The molecule has 2 atom stereocenters. The van der Waals surface area contributed by atoms with Gasteiger partial charge in [-0.2, -0.15) is 0 Å². The molecule has 0 aromatic heterocycles. The fourth-order valence-electron chi connectivity index (χ4n) is 3.28. The number of allylic oxidation sites excluding steroid dienone is 1. The summed E-state index contributed by atoms with van der Waals surface area (Å²) >= 11 is 0. The normalized spacial score (nSPS) is 21.1. The first-order valence-corrected chi connectivity index (χ1v) is 8.90.